The van der Waals surface area contributed by atoms with Gasteiger partial charge < -0.3 is 15.4 Å². The van der Waals surface area contributed by atoms with Crippen molar-refractivity contribution in [3.63, 3.8) is 0 Å². The summed E-state index contributed by atoms with van der Waals surface area (Å²) in [4.78, 5) is 23.0. The number of ether oxygens (including phenoxy) is 1. The molecule has 0 radical (unpaired) electrons. The average Bonchev–Trinajstić information content (AvgIpc) is 2.40. The van der Waals surface area contributed by atoms with E-state index < -0.39 is 0 Å². The lowest BCUT2D eigenvalue weighted by Crippen LogP contribution is -2.43. The third kappa shape index (κ3) is 7.79. The van der Waals surface area contributed by atoms with Gasteiger partial charge in [-0.2, -0.15) is 0 Å². The minimum atomic E-state index is -0.123. The molecule has 0 spiro atoms. The molecule has 0 aromatic heterocycles. The van der Waals surface area contributed by atoms with Gasteiger partial charge in [-0.3, -0.25) is 14.9 Å². The van der Waals surface area contributed by atoms with Crippen molar-refractivity contribution < 1.29 is 14.3 Å². The molecule has 0 atom stereocenters. The molecule has 0 heterocycles. The van der Waals surface area contributed by atoms with Crippen LogP contribution in [0, 0.1) is 0 Å². The molecular formula is C13H25N3O3. The van der Waals surface area contributed by atoms with E-state index in [1.807, 2.05) is 0 Å². The van der Waals surface area contributed by atoms with Crippen LogP contribution in [0.25, 0.3) is 0 Å². The highest BCUT2D eigenvalue weighted by molar-refractivity contribution is 5.81. The predicted octanol–water partition coefficient (Wildman–Crippen LogP) is -0.212. The number of rotatable bonds is 8. The van der Waals surface area contributed by atoms with Gasteiger partial charge in [-0.25, -0.2) is 0 Å². The molecule has 6 nitrogen and oxygen atoms in total. The Morgan fingerprint density at radius 3 is 2.47 bits per heavy atom. The Balaban J connectivity index is 2.01. The van der Waals surface area contributed by atoms with Gasteiger partial charge in [0, 0.05) is 19.7 Å². The highest BCUT2D eigenvalue weighted by atomic mass is 16.5. The molecule has 6 heteroatoms. The lowest BCUT2D eigenvalue weighted by Gasteiger charge is -2.22. The summed E-state index contributed by atoms with van der Waals surface area (Å²) in [6.45, 7) is 1.33. The number of methoxy groups -OCH3 is 1. The highest BCUT2D eigenvalue weighted by Crippen LogP contribution is 2.16. The van der Waals surface area contributed by atoms with Gasteiger partial charge in [0.2, 0.25) is 11.8 Å². The lowest BCUT2D eigenvalue weighted by molar-refractivity contribution is -0.122. The smallest absolute Gasteiger partial charge is 0.234 e. The van der Waals surface area contributed by atoms with E-state index in [1.54, 1.807) is 7.11 Å². The average molecular weight is 271 g/mol. The van der Waals surface area contributed by atoms with Crippen LogP contribution < -0.4 is 16.0 Å². The number of carbonyl (C=O) groups is 2. The number of hydrogen-bond donors (Lipinski definition) is 3. The van der Waals surface area contributed by atoms with Gasteiger partial charge in [0.1, 0.15) is 0 Å². The first kappa shape index (κ1) is 15.9. The zero-order valence-electron chi connectivity index (χ0n) is 11.7. The molecule has 1 fully saturated rings. The van der Waals surface area contributed by atoms with Crippen LogP contribution in [0.3, 0.4) is 0 Å². The summed E-state index contributed by atoms with van der Waals surface area (Å²) < 4.78 is 4.82. The van der Waals surface area contributed by atoms with Crippen LogP contribution in [-0.2, 0) is 14.3 Å². The topological polar surface area (TPSA) is 79.5 Å². The van der Waals surface area contributed by atoms with Crippen molar-refractivity contribution in [2.45, 2.75) is 38.1 Å². The molecule has 3 N–H and O–H groups in total. The Kier molecular flexibility index (Phi) is 8.16. The van der Waals surface area contributed by atoms with Crippen molar-refractivity contribution in [1.29, 1.82) is 0 Å². The second kappa shape index (κ2) is 9.75. The maximum absolute atomic E-state index is 11.6. The van der Waals surface area contributed by atoms with E-state index in [0.717, 1.165) is 12.8 Å². The molecular weight excluding hydrogens is 246 g/mol. The van der Waals surface area contributed by atoms with Crippen LogP contribution in [-0.4, -0.2) is 51.2 Å². The van der Waals surface area contributed by atoms with Crippen molar-refractivity contribution >= 4 is 11.8 Å². The minimum Gasteiger partial charge on any atom is -0.383 e. The van der Waals surface area contributed by atoms with Crippen molar-refractivity contribution in [1.82, 2.24) is 16.0 Å². The van der Waals surface area contributed by atoms with Crippen LogP contribution in [0.2, 0.25) is 0 Å². The molecule has 0 aromatic carbocycles. The molecule has 1 aliphatic carbocycles. The van der Waals surface area contributed by atoms with E-state index in [1.165, 1.54) is 19.3 Å². The third-order valence-electron chi connectivity index (χ3n) is 3.17. The first-order valence-electron chi connectivity index (χ1n) is 6.98. The van der Waals surface area contributed by atoms with Gasteiger partial charge in [0.25, 0.3) is 0 Å². The lowest BCUT2D eigenvalue weighted by atomic mass is 9.95. The first-order valence-corrected chi connectivity index (χ1v) is 6.98. The predicted molar refractivity (Wildman–Crippen MR) is 72.8 cm³/mol. The number of amides is 2. The summed E-state index contributed by atoms with van der Waals surface area (Å²) in [6.07, 6.45) is 5.80. The summed E-state index contributed by atoms with van der Waals surface area (Å²) >= 11 is 0. The van der Waals surface area contributed by atoms with Crippen LogP contribution in [0.15, 0.2) is 0 Å². The van der Waals surface area contributed by atoms with Crippen LogP contribution >= 0.6 is 0 Å². The van der Waals surface area contributed by atoms with E-state index in [4.69, 9.17) is 4.74 Å². The Labute approximate surface area is 114 Å². The molecule has 1 aliphatic rings. The SMILES string of the molecule is COCCNC(=O)CNCC(=O)NC1CCCCC1. The van der Waals surface area contributed by atoms with Crippen molar-refractivity contribution in [3.8, 4) is 0 Å². The van der Waals surface area contributed by atoms with Gasteiger partial charge in [-0.1, -0.05) is 19.3 Å². The van der Waals surface area contributed by atoms with Crippen LogP contribution in [0.1, 0.15) is 32.1 Å². The molecule has 110 valence electrons. The zero-order chi connectivity index (χ0) is 13.9. The summed E-state index contributed by atoms with van der Waals surface area (Å²) in [5.74, 6) is -0.154. The summed E-state index contributed by atoms with van der Waals surface area (Å²) in [5, 5.41) is 8.51. The van der Waals surface area contributed by atoms with E-state index in [2.05, 4.69) is 16.0 Å². The molecule has 0 bridgehead atoms. The van der Waals surface area contributed by atoms with Gasteiger partial charge in [-0.15, -0.1) is 0 Å². The summed E-state index contributed by atoms with van der Waals surface area (Å²) in [5.41, 5.74) is 0. The molecule has 1 saturated carbocycles. The number of nitrogens with one attached hydrogen (secondary N) is 3. The molecule has 0 saturated heterocycles. The van der Waals surface area contributed by atoms with Gasteiger partial charge >= 0.3 is 0 Å². The Morgan fingerprint density at radius 1 is 1.11 bits per heavy atom. The Morgan fingerprint density at radius 2 is 1.79 bits per heavy atom. The van der Waals surface area contributed by atoms with Crippen molar-refractivity contribution in [2.24, 2.45) is 0 Å². The number of hydrogen-bond acceptors (Lipinski definition) is 4. The van der Waals surface area contributed by atoms with Crippen LogP contribution in [0.5, 0.6) is 0 Å². The standard InChI is InChI=1S/C13H25N3O3/c1-19-8-7-15-12(17)9-14-10-13(18)16-11-5-3-2-4-6-11/h11,14H,2-10H2,1H3,(H,15,17)(H,16,18). The molecule has 0 aliphatic heterocycles. The maximum atomic E-state index is 11.6. The third-order valence-corrected chi connectivity index (χ3v) is 3.17. The van der Waals surface area contributed by atoms with Crippen molar-refractivity contribution in [3.05, 3.63) is 0 Å². The fourth-order valence-corrected chi connectivity index (χ4v) is 2.17. The van der Waals surface area contributed by atoms with Gasteiger partial charge in [0.05, 0.1) is 19.7 Å². The van der Waals surface area contributed by atoms with Gasteiger partial charge in [0.15, 0.2) is 0 Å². The quantitative estimate of drug-likeness (QED) is 0.534. The molecule has 0 unspecified atom stereocenters. The fourth-order valence-electron chi connectivity index (χ4n) is 2.17. The first-order chi connectivity index (χ1) is 9.22. The Hall–Kier alpha value is -1.14. The van der Waals surface area contributed by atoms with E-state index in [0.29, 0.717) is 19.2 Å². The second-order valence-corrected chi connectivity index (χ2v) is 4.85. The molecule has 19 heavy (non-hydrogen) atoms. The fraction of sp³-hybridized carbons (Fsp3) is 0.846. The Bertz CT molecular complexity index is 278. The summed E-state index contributed by atoms with van der Waals surface area (Å²) in [7, 11) is 1.58. The monoisotopic (exact) mass is 271 g/mol. The minimum absolute atomic E-state index is 0.0309. The normalized spacial score (nSPS) is 16.1. The van der Waals surface area contributed by atoms with Gasteiger partial charge in [-0.05, 0) is 12.8 Å². The second-order valence-electron chi connectivity index (χ2n) is 4.85. The maximum Gasteiger partial charge on any atom is 0.234 e. The molecule has 2 amide bonds. The van der Waals surface area contributed by atoms with Crippen LogP contribution in [0.4, 0.5) is 0 Å². The number of carbonyl (C=O) groups excluding carboxylic acids is 2. The summed E-state index contributed by atoms with van der Waals surface area (Å²) in [6, 6.07) is 0.318. The van der Waals surface area contributed by atoms with Crippen molar-refractivity contribution in [2.75, 3.05) is 33.4 Å². The molecule has 0 aromatic rings. The van der Waals surface area contributed by atoms with E-state index in [9.17, 15) is 9.59 Å². The largest absolute Gasteiger partial charge is 0.383 e. The van der Waals surface area contributed by atoms with E-state index in [-0.39, 0.29) is 24.9 Å². The molecule has 1 rings (SSSR count). The zero-order valence-corrected chi connectivity index (χ0v) is 11.7. The van der Waals surface area contributed by atoms with E-state index >= 15 is 0 Å². The highest BCUT2D eigenvalue weighted by Gasteiger charge is 2.15.